The molecule has 2 N–H and O–H groups in total. The number of amides is 2. The molecule has 0 spiro atoms. The number of nitrogens with zero attached hydrogens (tertiary/aromatic N) is 1. The maximum atomic E-state index is 12.6. The highest BCUT2D eigenvalue weighted by Gasteiger charge is 2.30. The summed E-state index contributed by atoms with van der Waals surface area (Å²) in [6.45, 7) is 0.620. The summed E-state index contributed by atoms with van der Waals surface area (Å²) in [4.78, 5) is 25.8. The Bertz CT molecular complexity index is 710. The Morgan fingerprint density at radius 2 is 1.62 bits per heavy atom. The zero-order valence-electron chi connectivity index (χ0n) is 13.7. The van der Waals surface area contributed by atoms with Crippen LogP contribution in [0.15, 0.2) is 54.6 Å². The van der Waals surface area contributed by atoms with Gasteiger partial charge in [-0.3, -0.25) is 9.59 Å². The zero-order chi connectivity index (χ0) is 16.9. The van der Waals surface area contributed by atoms with Crippen LogP contribution in [-0.4, -0.2) is 29.3 Å². The number of carbonyl (C=O) groups excluding carboxylic acids is 2. The van der Waals surface area contributed by atoms with Crippen LogP contribution in [0.5, 0.6) is 0 Å². The van der Waals surface area contributed by atoms with Gasteiger partial charge in [0.15, 0.2) is 0 Å². The topological polar surface area (TPSA) is 63.4 Å². The van der Waals surface area contributed by atoms with Gasteiger partial charge >= 0.3 is 0 Å². The van der Waals surface area contributed by atoms with E-state index in [0.29, 0.717) is 19.4 Å². The molecule has 1 fully saturated rings. The molecule has 3 rings (SSSR count). The minimum atomic E-state index is -0.449. The van der Waals surface area contributed by atoms with E-state index in [0.717, 1.165) is 29.5 Å². The van der Waals surface area contributed by atoms with Gasteiger partial charge in [0, 0.05) is 6.54 Å². The Kier molecular flexibility index (Phi) is 4.94. The molecule has 1 aliphatic heterocycles. The normalized spacial score (nSPS) is 17.5. The van der Waals surface area contributed by atoms with Crippen molar-refractivity contribution in [3.8, 4) is 11.1 Å². The fourth-order valence-electron chi connectivity index (χ4n) is 3.25. The molecule has 124 valence electrons. The first kappa shape index (κ1) is 16.2. The van der Waals surface area contributed by atoms with E-state index in [2.05, 4.69) is 12.1 Å². The third-order valence-electron chi connectivity index (χ3n) is 4.57. The van der Waals surface area contributed by atoms with Crippen LogP contribution in [0.4, 0.5) is 0 Å². The van der Waals surface area contributed by atoms with Crippen LogP contribution < -0.4 is 5.73 Å². The summed E-state index contributed by atoms with van der Waals surface area (Å²) in [7, 11) is 0. The molecule has 4 nitrogen and oxygen atoms in total. The van der Waals surface area contributed by atoms with Crippen LogP contribution in [0.25, 0.3) is 11.1 Å². The van der Waals surface area contributed by atoms with E-state index in [1.54, 1.807) is 4.90 Å². The number of benzene rings is 2. The maximum absolute atomic E-state index is 12.6. The number of hydrogen-bond donors (Lipinski definition) is 1. The fraction of sp³-hybridized carbons (Fsp3) is 0.300. The van der Waals surface area contributed by atoms with Gasteiger partial charge in [-0.15, -0.1) is 0 Å². The van der Waals surface area contributed by atoms with Crippen LogP contribution in [0.1, 0.15) is 24.8 Å². The lowest BCUT2D eigenvalue weighted by atomic mass is 9.99. The highest BCUT2D eigenvalue weighted by Crippen LogP contribution is 2.21. The van der Waals surface area contributed by atoms with Crippen molar-refractivity contribution in [2.24, 2.45) is 5.73 Å². The van der Waals surface area contributed by atoms with E-state index in [9.17, 15) is 9.59 Å². The number of hydrogen-bond acceptors (Lipinski definition) is 2. The highest BCUT2D eigenvalue weighted by atomic mass is 16.2. The summed E-state index contributed by atoms with van der Waals surface area (Å²) >= 11 is 0. The van der Waals surface area contributed by atoms with Crippen molar-refractivity contribution in [3.63, 3.8) is 0 Å². The number of carbonyl (C=O) groups is 2. The Labute approximate surface area is 142 Å². The minimum Gasteiger partial charge on any atom is -0.368 e. The number of rotatable bonds is 4. The first-order valence-corrected chi connectivity index (χ1v) is 8.38. The average Bonchev–Trinajstić information content (AvgIpc) is 2.63. The van der Waals surface area contributed by atoms with Crippen molar-refractivity contribution in [2.45, 2.75) is 31.7 Å². The van der Waals surface area contributed by atoms with Crippen molar-refractivity contribution >= 4 is 11.8 Å². The van der Waals surface area contributed by atoms with Crippen molar-refractivity contribution in [2.75, 3.05) is 6.54 Å². The van der Waals surface area contributed by atoms with Gasteiger partial charge in [0.2, 0.25) is 11.8 Å². The van der Waals surface area contributed by atoms with Gasteiger partial charge in [0.25, 0.3) is 0 Å². The third kappa shape index (κ3) is 3.65. The molecular formula is C20H22N2O2. The maximum Gasteiger partial charge on any atom is 0.240 e. The molecule has 1 unspecified atom stereocenters. The summed E-state index contributed by atoms with van der Waals surface area (Å²) in [6, 6.07) is 17.7. The molecule has 0 radical (unpaired) electrons. The van der Waals surface area contributed by atoms with Gasteiger partial charge < -0.3 is 10.6 Å². The first-order valence-electron chi connectivity index (χ1n) is 8.38. The van der Waals surface area contributed by atoms with Crippen LogP contribution in [-0.2, 0) is 16.0 Å². The molecule has 2 aromatic carbocycles. The molecule has 4 heteroatoms. The van der Waals surface area contributed by atoms with Gasteiger partial charge in [-0.05, 0) is 36.0 Å². The highest BCUT2D eigenvalue weighted by molar-refractivity contribution is 5.87. The Morgan fingerprint density at radius 1 is 0.958 bits per heavy atom. The Balaban J connectivity index is 1.69. The predicted octanol–water partition coefficient (Wildman–Crippen LogP) is 2.76. The smallest absolute Gasteiger partial charge is 0.240 e. The summed E-state index contributed by atoms with van der Waals surface area (Å²) in [5.41, 5.74) is 8.67. The number of likely N-dealkylation sites (tertiary alicyclic amines) is 1. The van der Waals surface area contributed by atoms with E-state index < -0.39 is 11.9 Å². The molecule has 24 heavy (non-hydrogen) atoms. The molecule has 1 atom stereocenters. The first-order chi connectivity index (χ1) is 11.6. The largest absolute Gasteiger partial charge is 0.368 e. The standard InChI is InChI=1S/C20H22N2O2/c21-20(24)18-8-4-5-13-22(18)19(23)14-15-9-11-17(12-10-15)16-6-2-1-3-7-16/h1-3,6-7,9-12,18H,4-5,8,13-14H2,(H2,21,24). The van der Waals surface area contributed by atoms with Crippen molar-refractivity contribution in [1.82, 2.24) is 4.90 Å². The monoisotopic (exact) mass is 322 g/mol. The Morgan fingerprint density at radius 3 is 2.29 bits per heavy atom. The molecule has 1 saturated heterocycles. The fourth-order valence-corrected chi connectivity index (χ4v) is 3.25. The molecular weight excluding hydrogens is 300 g/mol. The van der Waals surface area contributed by atoms with Crippen LogP contribution in [0, 0.1) is 0 Å². The third-order valence-corrected chi connectivity index (χ3v) is 4.57. The quantitative estimate of drug-likeness (QED) is 0.941. The van der Waals surface area contributed by atoms with E-state index in [1.165, 1.54) is 0 Å². The van der Waals surface area contributed by atoms with Crippen molar-refractivity contribution in [1.29, 1.82) is 0 Å². The molecule has 0 bridgehead atoms. The van der Waals surface area contributed by atoms with Crippen LogP contribution in [0.3, 0.4) is 0 Å². The molecule has 2 amide bonds. The van der Waals surface area contributed by atoms with Gasteiger partial charge in [-0.25, -0.2) is 0 Å². The van der Waals surface area contributed by atoms with E-state index in [1.807, 2.05) is 42.5 Å². The second-order valence-corrected chi connectivity index (χ2v) is 6.24. The van der Waals surface area contributed by atoms with E-state index in [4.69, 9.17) is 5.73 Å². The van der Waals surface area contributed by atoms with Crippen molar-refractivity contribution < 1.29 is 9.59 Å². The molecule has 2 aromatic rings. The molecule has 1 aliphatic rings. The summed E-state index contributed by atoms with van der Waals surface area (Å²) in [6.07, 6.45) is 2.86. The van der Waals surface area contributed by atoms with Crippen molar-refractivity contribution in [3.05, 3.63) is 60.2 Å². The SMILES string of the molecule is NC(=O)C1CCCCN1C(=O)Cc1ccc(-c2ccccc2)cc1. The van der Waals surface area contributed by atoms with Gasteiger partial charge in [-0.1, -0.05) is 54.6 Å². The summed E-state index contributed by atoms with van der Waals surface area (Å²) < 4.78 is 0. The zero-order valence-corrected chi connectivity index (χ0v) is 13.7. The lowest BCUT2D eigenvalue weighted by molar-refractivity contribution is -0.140. The van der Waals surface area contributed by atoms with E-state index >= 15 is 0 Å². The lowest BCUT2D eigenvalue weighted by Gasteiger charge is -2.33. The van der Waals surface area contributed by atoms with Gasteiger partial charge in [0.1, 0.15) is 6.04 Å². The average molecular weight is 322 g/mol. The van der Waals surface area contributed by atoms with Gasteiger partial charge in [0.05, 0.1) is 6.42 Å². The predicted molar refractivity (Wildman–Crippen MR) is 94.1 cm³/mol. The molecule has 0 saturated carbocycles. The van der Waals surface area contributed by atoms with Crippen LogP contribution in [0.2, 0.25) is 0 Å². The minimum absolute atomic E-state index is 0.0223. The number of nitrogens with two attached hydrogens (primary N) is 1. The molecule has 0 aliphatic carbocycles. The number of piperidine rings is 1. The van der Waals surface area contributed by atoms with Gasteiger partial charge in [-0.2, -0.15) is 0 Å². The molecule has 1 heterocycles. The summed E-state index contributed by atoms with van der Waals surface area (Å²) in [5.74, 6) is -0.423. The van der Waals surface area contributed by atoms with Crippen LogP contribution >= 0.6 is 0 Å². The van der Waals surface area contributed by atoms with E-state index in [-0.39, 0.29) is 5.91 Å². The summed E-state index contributed by atoms with van der Waals surface area (Å²) in [5, 5.41) is 0. The lowest BCUT2D eigenvalue weighted by Crippen LogP contribution is -2.50. The number of primary amides is 1. The Hall–Kier alpha value is -2.62. The second kappa shape index (κ2) is 7.30. The molecule has 0 aromatic heterocycles. The second-order valence-electron chi connectivity index (χ2n) is 6.24.